The molecule has 1 fully saturated rings. The molecule has 2 nitrogen and oxygen atoms in total. The van der Waals surface area contributed by atoms with E-state index in [1.807, 2.05) is 0 Å². The fourth-order valence-electron chi connectivity index (χ4n) is 4.67. The van der Waals surface area contributed by atoms with Gasteiger partial charge in [-0.3, -0.25) is 0 Å². The van der Waals surface area contributed by atoms with Gasteiger partial charge in [0.1, 0.15) is 0 Å². The topological polar surface area (TPSA) is 18.5 Å². The molecule has 0 aromatic heterocycles. The van der Waals surface area contributed by atoms with E-state index in [-0.39, 0.29) is 10.8 Å². The molecule has 0 aliphatic heterocycles. The highest BCUT2D eigenvalue weighted by Gasteiger charge is 2.34. The lowest BCUT2D eigenvalue weighted by Gasteiger charge is -2.40. The monoisotopic (exact) mass is 346 g/mol. The Balaban J connectivity index is 1.79. The predicted molar refractivity (Wildman–Crippen MR) is 106 cm³/mol. The second-order valence-electron chi connectivity index (χ2n) is 9.88. The summed E-state index contributed by atoms with van der Waals surface area (Å²) in [6.07, 6.45) is 7.81. The molecular weight excluding hydrogens is 308 g/mol. The summed E-state index contributed by atoms with van der Waals surface area (Å²) in [5, 5.41) is 0. The molecule has 25 heavy (non-hydrogen) atoms. The van der Waals surface area contributed by atoms with Crippen molar-refractivity contribution in [3.8, 4) is 5.75 Å². The van der Waals surface area contributed by atoms with E-state index in [1.54, 1.807) is 0 Å². The van der Waals surface area contributed by atoms with E-state index in [9.17, 15) is 0 Å². The standard InChI is InChI=1S/C23H38O2/c1-22(2,3)21(23(4,5)6)16-17-24-25-20-14-12-19(13-15-20)18-10-8-7-9-11-18/h12-15,18,21H,7-11,16-17H2,1-6H3. The van der Waals surface area contributed by atoms with Gasteiger partial charge in [0, 0.05) is 0 Å². The second-order valence-corrected chi connectivity index (χ2v) is 9.88. The van der Waals surface area contributed by atoms with Crippen LogP contribution >= 0.6 is 0 Å². The summed E-state index contributed by atoms with van der Waals surface area (Å²) < 4.78 is 0. The minimum absolute atomic E-state index is 0.267. The lowest BCUT2D eigenvalue weighted by Crippen LogP contribution is -2.33. The molecule has 0 saturated heterocycles. The van der Waals surface area contributed by atoms with Gasteiger partial charge in [0.15, 0.2) is 5.75 Å². The smallest absolute Gasteiger partial charge is 0.165 e. The molecule has 0 amide bonds. The minimum Gasteiger partial charge on any atom is -0.338 e. The Kier molecular flexibility index (Phi) is 6.96. The van der Waals surface area contributed by atoms with Gasteiger partial charge in [0.2, 0.25) is 0 Å². The van der Waals surface area contributed by atoms with Crippen molar-refractivity contribution in [3.63, 3.8) is 0 Å². The molecule has 2 rings (SSSR count). The van der Waals surface area contributed by atoms with E-state index in [2.05, 4.69) is 65.8 Å². The van der Waals surface area contributed by atoms with Crippen LogP contribution in [0.1, 0.15) is 91.5 Å². The van der Waals surface area contributed by atoms with Crippen LogP contribution in [-0.2, 0) is 4.89 Å². The van der Waals surface area contributed by atoms with E-state index in [4.69, 9.17) is 9.78 Å². The van der Waals surface area contributed by atoms with E-state index >= 15 is 0 Å². The van der Waals surface area contributed by atoms with Crippen LogP contribution in [0, 0.1) is 16.7 Å². The fraction of sp³-hybridized carbons (Fsp3) is 0.739. The Bertz CT molecular complexity index is 484. The number of benzene rings is 1. The molecule has 0 bridgehead atoms. The molecule has 0 unspecified atom stereocenters. The van der Waals surface area contributed by atoms with Gasteiger partial charge in [-0.2, -0.15) is 4.89 Å². The number of rotatable bonds is 6. The van der Waals surface area contributed by atoms with Crippen molar-refractivity contribution in [2.75, 3.05) is 6.61 Å². The molecule has 1 aliphatic rings. The van der Waals surface area contributed by atoms with Gasteiger partial charge in [-0.25, -0.2) is 0 Å². The van der Waals surface area contributed by atoms with Crippen molar-refractivity contribution < 1.29 is 9.78 Å². The van der Waals surface area contributed by atoms with Gasteiger partial charge in [-0.15, -0.1) is 0 Å². The zero-order chi connectivity index (χ0) is 18.5. The van der Waals surface area contributed by atoms with Crippen molar-refractivity contribution in [2.45, 2.75) is 86.0 Å². The molecule has 142 valence electrons. The molecule has 1 aromatic carbocycles. The molecule has 1 aromatic rings. The third-order valence-electron chi connectivity index (χ3n) is 5.69. The highest BCUT2D eigenvalue weighted by molar-refractivity contribution is 5.29. The summed E-state index contributed by atoms with van der Waals surface area (Å²) in [5.41, 5.74) is 1.99. The van der Waals surface area contributed by atoms with Crippen molar-refractivity contribution in [1.29, 1.82) is 0 Å². The highest BCUT2D eigenvalue weighted by atomic mass is 17.2. The van der Waals surface area contributed by atoms with Gasteiger partial charge in [0.05, 0.1) is 6.61 Å². The van der Waals surface area contributed by atoms with Crippen LogP contribution in [-0.4, -0.2) is 6.61 Å². The first-order valence-electron chi connectivity index (χ1n) is 10.1. The lowest BCUT2D eigenvalue weighted by atomic mass is 9.65. The van der Waals surface area contributed by atoms with Crippen molar-refractivity contribution in [2.24, 2.45) is 16.7 Å². The zero-order valence-electron chi connectivity index (χ0n) is 17.2. The molecule has 1 aliphatic carbocycles. The lowest BCUT2D eigenvalue weighted by molar-refractivity contribution is -0.212. The molecule has 1 saturated carbocycles. The highest BCUT2D eigenvalue weighted by Crippen LogP contribution is 2.42. The Morgan fingerprint density at radius 3 is 1.96 bits per heavy atom. The van der Waals surface area contributed by atoms with E-state index in [0.717, 1.165) is 18.1 Å². The van der Waals surface area contributed by atoms with Crippen LogP contribution in [0.5, 0.6) is 5.75 Å². The van der Waals surface area contributed by atoms with Gasteiger partial charge in [-0.1, -0.05) is 72.9 Å². The SMILES string of the molecule is CC(C)(C)C(CCOOc1ccc(C2CCCCC2)cc1)C(C)(C)C. The summed E-state index contributed by atoms with van der Waals surface area (Å²) in [7, 11) is 0. The van der Waals surface area contributed by atoms with Crippen molar-refractivity contribution in [1.82, 2.24) is 0 Å². The summed E-state index contributed by atoms with van der Waals surface area (Å²) >= 11 is 0. The molecule has 0 heterocycles. The Labute approximate surface area is 155 Å². The Hall–Kier alpha value is -1.02. The molecule has 0 radical (unpaired) electrons. The average molecular weight is 347 g/mol. The van der Waals surface area contributed by atoms with Crippen LogP contribution in [0.2, 0.25) is 0 Å². The first-order valence-corrected chi connectivity index (χ1v) is 10.1. The van der Waals surface area contributed by atoms with E-state index < -0.39 is 0 Å². The maximum Gasteiger partial charge on any atom is 0.165 e. The van der Waals surface area contributed by atoms with Gasteiger partial charge in [0.25, 0.3) is 0 Å². The fourth-order valence-corrected chi connectivity index (χ4v) is 4.67. The van der Waals surface area contributed by atoms with Crippen LogP contribution < -0.4 is 4.89 Å². The van der Waals surface area contributed by atoms with E-state index in [1.165, 1.54) is 37.7 Å². The van der Waals surface area contributed by atoms with Crippen LogP contribution in [0.25, 0.3) is 0 Å². The normalized spacial score (nSPS) is 17.1. The maximum atomic E-state index is 5.53. The van der Waals surface area contributed by atoms with Gasteiger partial charge < -0.3 is 4.89 Å². The van der Waals surface area contributed by atoms with E-state index in [0.29, 0.717) is 12.5 Å². The summed E-state index contributed by atoms with van der Waals surface area (Å²) in [6.45, 7) is 14.5. The first kappa shape index (κ1) is 20.3. The van der Waals surface area contributed by atoms with Crippen molar-refractivity contribution in [3.05, 3.63) is 29.8 Å². The number of hydrogen-bond donors (Lipinski definition) is 0. The molecule has 2 heteroatoms. The average Bonchev–Trinajstić information content (AvgIpc) is 2.53. The first-order chi connectivity index (χ1) is 11.7. The minimum atomic E-state index is 0.267. The maximum absolute atomic E-state index is 5.53. The summed E-state index contributed by atoms with van der Waals surface area (Å²) in [5.74, 6) is 2.13. The zero-order valence-corrected chi connectivity index (χ0v) is 17.2. The largest absolute Gasteiger partial charge is 0.338 e. The molecular formula is C23H38O2. The molecule has 0 N–H and O–H groups in total. The Morgan fingerprint density at radius 2 is 1.44 bits per heavy atom. The number of hydrogen-bond acceptors (Lipinski definition) is 2. The van der Waals surface area contributed by atoms with Crippen LogP contribution in [0.3, 0.4) is 0 Å². The third-order valence-corrected chi connectivity index (χ3v) is 5.69. The van der Waals surface area contributed by atoms with Crippen LogP contribution in [0.15, 0.2) is 24.3 Å². The Morgan fingerprint density at radius 1 is 0.880 bits per heavy atom. The molecule has 0 atom stereocenters. The predicted octanol–water partition coefficient (Wildman–Crippen LogP) is 7.14. The van der Waals surface area contributed by atoms with Crippen LogP contribution in [0.4, 0.5) is 0 Å². The summed E-state index contributed by atoms with van der Waals surface area (Å²) in [4.78, 5) is 11.0. The molecule has 0 spiro atoms. The second kappa shape index (κ2) is 8.58. The third kappa shape index (κ3) is 6.33. The summed E-state index contributed by atoms with van der Waals surface area (Å²) in [6, 6.07) is 8.52. The van der Waals surface area contributed by atoms with Crippen molar-refractivity contribution >= 4 is 0 Å². The van der Waals surface area contributed by atoms with Gasteiger partial charge in [-0.05, 0) is 59.6 Å². The van der Waals surface area contributed by atoms with Gasteiger partial charge >= 0.3 is 0 Å². The quantitative estimate of drug-likeness (QED) is 0.309.